The molecule has 1 unspecified atom stereocenters. The van der Waals surface area contributed by atoms with Gasteiger partial charge in [-0.25, -0.2) is 0 Å². The first-order valence-electron chi connectivity index (χ1n) is 6.12. The van der Waals surface area contributed by atoms with Gasteiger partial charge < -0.3 is 25.5 Å². The Balaban J connectivity index is 2.12. The molecule has 1 aromatic carbocycles. The number of β-amino-alcohol motifs (C(OH)–C–C–N with tert-alkyl or cyclic N) is 1. The molecular formula is C13H18N2O4. The first-order valence-corrected chi connectivity index (χ1v) is 6.12. The van der Waals surface area contributed by atoms with Gasteiger partial charge in [-0.3, -0.25) is 4.79 Å². The lowest BCUT2D eigenvalue weighted by atomic mass is 10.0. The molecule has 1 fully saturated rings. The molecule has 104 valence electrons. The van der Waals surface area contributed by atoms with Crippen LogP contribution >= 0.6 is 0 Å². The van der Waals surface area contributed by atoms with E-state index in [0.717, 1.165) is 6.54 Å². The van der Waals surface area contributed by atoms with Crippen molar-refractivity contribution < 1.29 is 20.1 Å². The summed E-state index contributed by atoms with van der Waals surface area (Å²) in [6, 6.07) is 3.79. The van der Waals surface area contributed by atoms with Gasteiger partial charge in [0.25, 0.3) is 5.91 Å². The summed E-state index contributed by atoms with van der Waals surface area (Å²) in [5.74, 6) is -0.712. The summed E-state index contributed by atoms with van der Waals surface area (Å²) in [5.41, 5.74) is -0.909. The summed E-state index contributed by atoms with van der Waals surface area (Å²) in [7, 11) is 1.56. The third-order valence-corrected chi connectivity index (χ3v) is 3.31. The summed E-state index contributed by atoms with van der Waals surface area (Å²) in [6.45, 7) is 1.33. The van der Waals surface area contributed by atoms with E-state index in [4.69, 9.17) is 0 Å². The SMILES string of the molecule is CN(CC1(O)CCNC1)C(=O)c1cc(O)ccc1O. The molecule has 19 heavy (non-hydrogen) atoms. The van der Waals surface area contributed by atoms with Gasteiger partial charge in [0.2, 0.25) is 0 Å². The average Bonchev–Trinajstić information content (AvgIpc) is 2.78. The number of nitrogens with one attached hydrogen (secondary N) is 1. The van der Waals surface area contributed by atoms with E-state index < -0.39 is 11.5 Å². The van der Waals surface area contributed by atoms with Gasteiger partial charge in [-0.15, -0.1) is 0 Å². The van der Waals surface area contributed by atoms with E-state index in [9.17, 15) is 20.1 Å². The van der Waals surface area contributed by atoms with Crippen molar-refractivity contribution in [2.75, 3.05) is 26.7 Å². The number of phenols is 2. The number of likely N-dealkylation sites (N-methyl/N-ethyl adjacent to an activating group) is 1. The molecule has 1 aliphatic heterocycles. The third-order valence-electron chi connectivity index (χ3n) is 3.31. The van der Waals surface area contributed by atoms with Gasteiger partial charge >= 0.3 is 0 Å². The third kappa shape index (κ3) is 2.97. The predicted molar refractivity (Wildman–Crippen MR) is 69.2 cm³/mol. The number of benzene rings is 1. The van der Waals surface area contributed by atoms with E-state index in [2.05, 4.69) is 5.32 Å². The van der Waals surface area contributed by atoms with E-state index >= 15 is 0 Å². The van der Waals surface area contributed by atoms with Gasteiger partial charge in [-0.05, 0) is 31.2 Å². The first-order chi connectivity index (χ1) is 8.91. The van der Waals surface area contributed by atoms with Crippen LogP contribution in [-0.2, 0) is 0 Å². The van der Waals surface area contributed by atoms with Crippen LogP contribution in [0.4, 0.5) is 0 Å². The molecule has 1 amide bonds. The largest absolute Gasteiger partial charge is 0.508 e. The fourth-order valence-electron chi connectivity index (χ4n) is 2.28. The topological polar surface area (TPSA) is 93.0 Å². The summed E-state index contributed by atoms with van der Waals surface area (Å²) in [6.07, 6.45) is 0.580. The van der Waals surface area contributed by atoms with E-state index in [1.165, 1.54) is 23.1 Å². The smallest absolute Gasteiger partial charge is 0.257 e. The molecule has 1 aliphatic rings. The summed E-state index contributed by atoms with van der Waals surface area (Å²) in [4.78, 5) is 13.5. The highest BCUT2D eigenvalue weighted by atomic mass is 16.3. The number of phenolic OH excluding ortho intramolecular Hbond substituents is 2. The number of nitrogens with zero attached hydrogens (tertiary/aromatic N) is 1. The molecule has 1 heterocycles. The molecule has 1 aromatic rings. The minimum atomic E-state index is -0.934. The van der Waals surface area contributed by atoms with Crippen LogP contribution in [0, 0.1) is 0 Å². The van der Waals surface area contributed by atoms with Gasteiger partial charge in [0.15, 0.2) is 0 Å². The van der Waals surface area contributed by atoms with Crippen LogP contribution in [0.1, 0.15) is 16.8 Å². The Kier molecular flexibility index (Phi) is 3.64. The molecule has 6 heteroatoms. The van der Waals surface area contributed by atoms with Gasteiger partial charge in [0, 0.05) is 13.6 Å². The second-order valence-electron chi connectivity index (χ2n) is 5.01. The lowest BCUT2D eigenvalue weighted by Gasteiger charge is -2.28. The lowest BCUT2D eigenvalue weighted by molar-refractivity contribution is 0.0251. The molecule has 4 N–H and O–H groups in total. The Morgan fingerprint density at radius 1 is 1.47 bits per heavy atom. The number of amides is 1. The van der Waals surface area contributed by atoms with Crippen LogP contribution in [0.15, 0.2) is 18.2 Å². The molecule has 1 atom stereocenters. The molecule has 0 bridgehead atoms. The lowest BCUT2D eigenvalue weighted by Crippen LogP contribution is -2.45. The number of aliphatic hydroxyl groups is 1. The second kappa shape index (κ2) is 5.07. The normalized spacial score (nSPS) is 22.4. The Morgan fingerprint density at radius 2 is 2.21 bits per heavy atom. The average molecular weight is 266 g/mol. The van der Waals surface area contributed by atoms with E-state index in [1.54, 1.807) is 7.05 Å². The van der Waals surface area contributed by atoms with Crippen molar-refractivity contribution in [2.24, 2.45) is 0 Å². The van der Waals surface area contributed by atoms with Crippen LogP contribution in [0.3, 0.4) is 0 Å². The van der Waals surface area contributed by atoms with E-state index in [0.29, 0.717) is 13.0 Å². The van der Waals surface area contributed by atoms with Gasteiger partial charge in [-0.1, -0.05) is 0 Å². The van der Waals surface area contributed by atoms with Crippen LogP contribution in [-0.4, -0.2) is 58.4 Å². The van der Waals surface area contributed by atoms with Gasteiger partial charge in [0.05, 0.1) is 17.7 Å². The quantitative estimate of drug-likeness (QED) is 0.573. The van der Waals surface area contributed by atoms with Crippen LogP contribution < -0.4 is 5.32 Å². The molecule has 0 aliphatic carbocycles. The molecule has 0 radical (unpaired) electrons. The maximum absolute atomic E-state index is 12.2. The minimum absolute atomic E-state index is 0.0251. The fourth-order valence-corrected chi connectivity index (χ4v) is 2.28. The molecule has 0 aromatic heterocycles. The second-order valence-corrected chi connectivity index (χ2v) is 5.01. The number of hydrogen-bond acceptors (Lipinski definition) is 5. The zero-order valence-corrected chi connectivity index (χ0v) is 10.8. The van der Waals surface area contributed by atoms with Crippen LogP contribution in [0.25, 0.3) is 0 Å². The van der Waals surface area contributed by atoms with Crippen molar-refractivity contribution in [3.8, 4) is 11.5 Å². The highest BCUT2D eigenvalue weighted by Crippen LogP contribution is 2.24. The molecule has 6 nitrogen and oxygen atoms in total. The predicted octanol–water partition coefficient (Wildman–Crippen LogP) is -0.106. The summed E-state index contributed by atoms with van der Waals surface area (Å²) < 4.78 is 0. The zero-order valence-electron chi connectivity index (χ0n) is 10.8. The Hall–Kier alpha value is -1.79. The van der Waals surface area contributed by atoms with Crippen molar-refractivity contribution in [1.29, 1.82) is 0 Å². The molecule has 2 rings (SSSR count). The van der Waals surface area contributed by atoms with Crippen LogP contribution in [0.5, 0.6) is 11.5 Å². The zero-order chi connectivity index (χ0) is 14.0. The van der Waals surface area contributed by atoms with Crippen LogP contribution in [0.2, 0.25) is 0 Å². The molecule has 0 spiro atoms. The maximum Gasteiger partial charge on any atom is 0.257 e. The summed E-state index contributed by atoms with van der Waals surface area (Å²) >= 11 is 0. The van der Waals surface area contributed by atoms with Gasteiger partial charge in [0.1, 0.15) is 11.5 Å². The highest BCUT2D eigenvalue weighted by molar-refractivity contribution is 5.97. The van der Waals surface area contributed by atoms with E-state index in [-0.39, 0.29) is 23.6 Å². The first kappa shape index (κ1) is 13.6. The monoisotopic (exact) mass is 266 g/mol. The number of carbonyl (C=O) groups is 1. The Bertz CT molecular complexity index is 484. The number of rotatable bonds is 3. The minimum Gasteiger partial charge on any atom is -0.508 e. The molecule has 1 saturated heterocycles. The van der Waals surface area contributed by atoms with Crippen molar-refractivity contribution in [3.63, 3.8) is 0 Å². The van der Waals surface area contributed by atoms with Crippen molar-refractivity contribution in [2.45, 2.75) is 12.0 Å². The fraction of sp³-hybridized carbons (Fsp3) is 0.462. The Labute approximate surface area is 111 Å². The highest BCUT2D eigenvalue weighted by Gasteiger charge is 2.34. The number of carbonyl (C=O) groups excluding carboxylic acids is 1. The van der Waals surface area contributed by atoms with E-state index in [1.807, 2.05) is 0 Å². The standard InChI is InChI=1S/C13H18N2O4/c1-15(8-13(19)4-5-14-7-13)12(18)10-6-9(16)2-3-11(10)17/h2-3,6,14,16-17,19H,4-5,7-8H2,1H3. The summed E-state index contributed by atoms with van der Waals surface area (Å²) in [5, 5.41) is 32.3. The van der Waals surface area contributed by atoms with Crippen molar-refractivity contribution in [1.82, 2.24) is 10.2 Å². The Morgan fingerprint density at radius 3 is 2.84 bits per heavy atom. The van der Waals surface area contributed by atoms with Gasteiger partial charge in [-0.2, -0.15) is 0 Å². The molecular weight excluding hydrogens is 248 g/mol. The van der Waals surface area contributed by atoms with Crippen molar-refractivity contribution in [3.05, 3.63) is 23.8 Å². The molecule has 0 saturated carbocycles. The number of aromatic hydroxyl groups is 2. The van der Waals surface area contributed by atoms with Crippen molar-refractivity contribution >= 4 is 5.91 Å². The maximum atomic E-state index is 12.2. The number of hydrogen-bond donors (Lipinski definition) is 4.